The smallest absolute Gasteiger partial charge is 0.252 e. The number of amides is 1. The highest BCUT2D eigenvalue weighted by Gasteiger charge is 2.07. The number of hydrogen-bond donors (Lipinski definition) is 2. The summed E-state index contributed by atoms with van der Waals surface area (Å²) in [6.45, 7) is 4.33. The lowest BCUT2D eigenvalue weighted by atomic mass is 10.1. The van der Waals surface area contributed by atoms with E-state index in [0.717, 1.165) is 24.2 Å². The first-order valence-corrected chi connectivity index (χ1v) is 6.80. The topological polar surface area (TPSA) is 54.0 Å². The molecule has 22 heavy (non-hydrogen) atoms. The average molecular weight is 342 g/mol. The summed E-state index contributed by atoms with van der Waals surface area (Å²) in [5.41, 5.74) is 2.59. The number of carbonyl (C=O) groups is 1. The lowest BCUT2D eigenvalue weighted by molar-refractivity contribution is 0.0953. The maximum atomic E-state index is 12.0. The van der Waals surface area contributed by atoms with Gasteiger partial charge in [-0.05, 0) is 18.2 Å². The van der Waals surface area contributed by atoms with Crippen molar-refractivity contribution in [3.8, 4) is 11.1 Å². The first-order valence-electron chi connectivity index (χ1n) is 6.80. The van der Waals surface area contributed by atoms with E-state index in [1.165, 1.54) is 0 Å². The summed E-state index contributed by atoms with van der Waals surface area (Å²) in [6, 6.07) is 11.8. The van der Waals surface area contributed by atoms with Gasteiger partial charge in [-0.2, -0.15) is 0 Å². The minimum atomic E-state index is -0.0896. The highest BCUT2D eigenvalue weighted by Crippen LogP contribution is 2.18. The van der Waals surface area contributed by atoms with Crippen LogP contribution in [0.3, 0.4) is 0 Å². The minimum Gasteiger partial charge on any atom is -0.351 e. The minimum absolute atomic E-state index is 0. The van der Waals surface area contributed by atoms with Crippen LogP contribution in [0, 0.1) is 0 Å². The summed E-state index contributed by atoms with van der Waals surface area (Å²) in [4.78, 5) is 16.2. The number of carbonyl (C=O) groups excluding carboxylic acids is 1. The number of rotatable bonds is 6. The predicted octanol–water partition coefficient (Wildman–Crippen LogP) is 2.93. The molecule has 0 spiro atoms. The molecule has 1 aromatic heterocycles. The van der Waals surface area contributed by atoms with Crippen molar-refractivity contribution >= 4 is 30.7 Å². The van der Waals surface area contributed by atoms with Gasteiger partial charge in [-0.3, -0.25) is 9.78 Å². The summed E-state index contributed by atoms with van der Waals surface area (Å²) >= 11 is 0. The molecular weight excluding hydrogens is 321 g/mol. The van der Waals surface area contributed by atoms with Crippen LogP contribution in [0.4, 0.5) is 0 Å². The number of likely N-dealkylation sites (N-methyl/N-ethyl adjacent to an activating group) is 1. The van der Waals surface area contributed by atoms with E-state index in [0.29, 0.717) is 12.1 Å². The number of benzene rings is 1. The Balaban J connectivity index is 0.00000220. The molecule has 120 valence electrons. The number of aromatic nitrogens is 1. The van der Waals surface area contributed by atoms with Crippen molar-refractivity contribution in [2.75, 3.05) is 19.6 Å². The molecule has 0 aliphatic rings. The summed E-state index contributed by atoms with van der Waals surface area (Å²) in [6.07, 6.45) is 3.36. The fourth-order valence-electron chi connectivity index (χ4n) is 1.90. The molecule has 6 heteroatoms. The standard InChI is InChI=1S/C16H19N3O.2ClH/c1-2-17-8-9-19-16(20)15-10-14(11-18-12-15)13-6-4-3-5-7-13;;/h3-7,10-12,17H,2,8-9H2,1H3,(H,19,20);2*1H. The molecule has 0 bridgehead atoms. The fourth-order valence-corrected chi connectivity index (χ4v) is 1.90. The molecule has 0 saturated heterocycles. The molecule has 1 amide bonds. The van der Waals surface area contributed by atoms with E-state index in [1.54, 1.807) is 12.4 Å². The van der Waals surface area contributed by atoms with Crippen molar-refractivity contribution in [1.29, 1.82) is 0 Å². The molecule has 4 nitrogen and oxygen atoms in total. The van der Waals surface area contributed by atoms with E-state index in [2.05, 4.69) is 15.6 Å². The van der Waals surface area contributed by atoms with Gasteiger partial charge >= 0.3 is 0 Å². The van der Waals surface area contributed by atoms with Crippen molar-refractivity contribution in [1.82, 2.24) is 15.6 Å². The average Bonchev–Trinajstić information content (AvgIpc) is 2.52. The number of pyridine rings is 1. The zero-order chi connectivity index (χ0) is 14.2. The Bertz CT molecular complexity index is 564. The van der Waals surface area contributed by atoms with Gasteiger partial charge in [-0.1, -0.05) is 37.3 Å². The Morgan fingerprint density at radius 3 is 2.45 bits per heavy atom. The van der Waals surface area contributed by atoms with Crippen molar-refractivity contribution in [3.05, 3.63) is 54.4 Å². The lowest BCUT2D eigenvalue weighted by Crippen LogP contribution is -2.31. The highest BCUT2D eigenvalue weighted by molar-refractivity contribution is 5.95. The van der Waals surface area contributed by atoms with Gasteiger partial charge in [0.2, 0.25) is 0 Å². The maximum Gasteiger partial charge on any atom is 0.252 e. The molecule has 0 fully saturated rings. The lowest BCUT2D eigenvalue weighted by Gasteiger charge is -2.07. The van der Waals surface area contributed by atoms with Gasteiger partial charge in [-0.25, -0.2) is 0 Å². The third-order valence-electron chi connectivity index (χ3n) is 2.94. The van der Waals surface area contributed by atoms with Gasteiger partial charge in [0, 0.05) is 31.0 Å². The number of nitrogens with zero attached hydrogens (tertiary/aromatic N) is 1. The van der Waals surface area contributed by atoms with Gasteiger partial charge in [0.25, 0.3) is 5.91 Å². The van der Waals surface area contributed by atoms with E-state index in [9.17, 15) is 4.79 Å². The van der Waals surface area contributed by atoms with Crippen LogP contribution in [0.2, 0.25) is 0 Å². The molecular formula is C16H21Cl2N3O. The van der Waals surface area contributed by atoms with Gasteiger partial charge in [0.15, 0.2) is 0 Å². The number of halogens is 2. The Morgan fingerprint density at radius 2 is 1.77 bits per heavy atom. The second-order valence-electron chi connectivity index (χ2n) is 4.44. The molecule has 1 heterocycles. The Labute approximate surface area is 143 Å². The van der Waals surface area contributed by atoms with Crippen molar-refractivity contribution in [3.63, 3.8) is 0 Å². The van der Waals surface area contributed by atoms with Crippen molar-refractivity contribution in [2.24, 2.45) is 0 Å². The first-order chi connectivity index (χ1) is 9.81. The molecule has 2 rings (SSSR count). The maximum absolute atomic E-state index is 12.0. The monoisotopic (exact) mass is 341 g/mol. The number of nitrogens with one attached hydrogen (secondary N) is 2. The summed E-state index contributed by atoms with van der Waals surface area (Å²) in [5.74, 6) is -0.0896. The van der Waals surface area contributed by atoms with Crippen LogP contribution in [0.5, 0.6) is 0 Å². The molecule has 0 unspecified atom stereocenters. The van der Waals surface area contributed by atoms with Crippen molar-refractivity contribution in [2.45, 2.75) is 6.92 Å². The van der Waals surface area contributed by atoms with Crippen LogP contribution in [0.1, 0.15) is 17.3 Å². The molecule has 0 aliphatic carbocycles. The summed E-state index contributed by atoms with van der Waals surface area (Å²) in [7, 11) is 0. The summed E-state index contributed by atoms with van der Waals surface area (Å²) in [5, 5.41) is 6.03. The van der Waals surface area contributed by atoms with Crippen LogP contribution < -0.4 is 10.6 Å². The van der Waals surface area contributed by atoms with Gasteiger partial charge in [-0.15, -0.1) is 24.8 Å². The largest absolute Gasteiger partial charge is 0.351 e. The number of hydrogen-bond acceptors (Lipinski definition) is 3. The normalized spacial score (nSPS) is 9.32. The fraction of sp³-hybridized carbons (Fsp3) is 0.250. The van der Waals surface area contributed by atoms with Crippen LogP contribution in [0.15, 0.2) is 48.8 Å². The third-order valence-corrected chi connectivity index (χ3v) is 2.94. The van der Waals surface area contributed by atoms with Crippen molar-refractivity contribution < 1.29 is 4.79 Å². The molecule has 0 radical (unpaired) electrons. The molecule has 2 aromatic rings. The molecule has 0 atom stereocenters. The Morgan fingerprint density at radius 1 is 1.05 bits per heavy atom. The highest BCUT2D eigenvalue weighted by atomic mass is 35.5. The van der Waals surface area contributed by atoms with Gasteiger partial charge in [0.05, 0.1) is 5.56 Å². The van der Waals surface area contributed by atoms with E-state index >= 15 is 0 Å². The second kappa shape index (κ2) is 11.0. The van der Waals surface area contributed by atoms with Crippen LogP contribution in [-0.2, 0) is 0 Å². The van der Waals surface area contributed by atoms with Gasteiger partial charge in [0.1, 0.15) is 0 Å². The van der Waals surface area contributed by atoms with E-state index in [-0.39, 0.29) is 30.7 Å². The van der Waals surface area contributed by atoms with Crippen LogP contribution in [0.25, 0.3) is 11.1 Å². The molecule has 0 saturated carbocycles. The predicted molar refractivity (Wildman–Crippen MR) is 95.0 cm³/mol. The van der Waals surface area contributed by atoms with Crippen LogP contribution in [-0.4, -0.2) is 30.5 Å². The van der Waals surface area contributed by atoms with E-state index < -0.39 is 0 Å². The van der Waals surface area contributed by atoms with Gasteiger partial charge < -0.3 is 10.6 Å². The zero-order valence-corrected chi connectivity index (χ0v) is 14.0. The second-order valence-corrected chi connectivity index (χ2v) is 4.44. The molecule has 2 N–H and O–H groups in total. The van der Waals surface area contributed by atoms with E-state index in [1.807, 2.05) is 43.3 Å². The molecule has 1 aromatic carbocycles. The summed E-state index contributed by atoms with van der Waals surface area (Å²) < 4.78 is 0. The SMILES string of the molecule is CCNCCNC(=O)c1cncc(-c2ccccc2)c1.Cl.Cl. The first kappa shape index (κ1) is 20.4. The van der Waals surface area contributed by atoms with Crippen LogP contribution >= 0.6 is 24.8 Å². The Kier molecular flexibility index (Phi) is 10.2. The third kappa shape index (κ3) is 6.02. The zero-order valence-electron chi connectivity index (χ0n) is 12.4. The molecule has 0 aliphatic heterocycles. The Hall–Kier alpha value is -1.62. The quantitative estimate of drug-likeness (QED) is 0.794. The van der Waals surface area contributed by atoms with E-state index in [4.69, 9.17) is 0 Å².